The molecule has 2 rings (SSSR count). The van der Waals surface area contributed by atoms with E-state index in [-0.39, 0.29) is 17.6 Å². The fraction of sp³-hybridized carbons (Fsp3) is 0.688. The Kier molecular flexibility index (Phi) is 5.83. The number of carbonyl (C=O) groups is 1. The highest BCUT2D eigenvalue weighted by Crippen LogP contribution is 2.23. The molecular weight excluding hydrogens is 296 g/mol. The molecule has 2 N–H and O–H groups in total. The highest BCUT2D eigenvalue weighted by molar-refractivity contribution is 7.07. The third-order valence-corrected chi connectivity index (χ3v) is 4.55. The third-order valence-electron chi connectivity index (χ3n) is 3.85. The van der Waals surface area contributed by atoms with E-state index in [0.29, 0.717) is 6.54 Å². The molecule has 0 radical (unpaired) electrons. The average molecular weight is 324 g/mol. The summed E-state index contributed by atoms with van der Waals surface area (Å²) in [5.74, 6) is 0. The van der Waals surface area contributed by atoms with Crippen molar-refractivity contribution in [2.75, 3.05) is 39.8 Å². The van der Waals surface area contributed by atoms with Gasteiger partial charge in [-0.25, -0.2) is 4.79 Å². The molecule has 5 nitrogen and oxygen atoms in total. The molecule has 0 saturated carbocycles. The molecule has 6 heteroatoms. The maximum Gasteiger partial charge on any atom is 0.315 e. The molecule has 0 unspecified atom stereocenters. The van der Waals surface area contributed by atoms with Crippen LogP contribution in [0, 0.1) is 0 Å². The molecule has 0 aromatic carbocycles. The van der Waals surface area contributed by atoms with Gasteiger partial charge in [-0.1, -0.05) is 0 Å². The fourth-order valence-corrected chi connectivity index (χ4v) is 3.34. The van der Waals surface area contributed by atoms with Crippen molar-refractivity contribution < 1.29 is 4.79 Å². The van der Waals surface area contributed by atoms with Gasteiger partial charge < -0.3 is 15.5 Å². The second-order valence-electron chi connectivity index (χ2n) is 7.00. The molecule has 0 aliphatic carbocycles. The number of hydrogen-bond acceptors (Lipinski definition) is 4. The number of nitrogens with one attached hydrogen (secondary N) is 2. The molecule has 1 aromatic heterocycles. The van der Waals surface area contributed by atoms with E-state index in [0.717, 1.165) is 26.2 Å². The van der Waals surface area contributed by atoms with Crippen LogP contribution in [0.1, 0.15) is 32.4 Å². The van der Waals surface area contributed by atoms with Crippen LogP contribution in [0.25, 0.3) is 0 Å². The summed E-state index contributed by atoms with van der Waals surface area (Å²) in [5, 5.41) is 10.3. The first-order valence-corrected chi connectivity index (χ1v) is 8.80. The van der Waals surface area contributed by atoms with Crippen molar-refractivity contribution in [3.63, 3.8) is 0 Å². The van der Waals surface area contributed by atoms with Gasteiger partial charge in [0.1, 0.15) is 0 Å². The SMILES string of the molecule is CN1CCN([C@H](CNC(=O)NC(C)(C)C)c2ccsc2)CC1. The molecule has 1 atom stereocenters. The highest BCUT2D eigenvalue weighted by atomic mass is 32.1. The van der Waals surface area contributed by atoms with Crippen LogP contribution in [-0.4, -0.2) is 61.1 Å². The van der Waals surface area contributed by atoms with Crippen LogP contribution in [0.2, 0.25) is 0 Å². The highest BCUT2D eigenvalue weighted by Gasteiger charge is 2.25. The Labute approximate surface area is 137 Å². The number of amides is 2. The van der Waals surface area contributed by atoms with Crippen molar-refractivity contribution in [2.45, 2.75) is 32.4 Å². The standard InChI is InChI=1S/C16H28N4OS/c1-16(2,3)18-15(21)17-11-14(13-5-10-22-12-13)20-8-6-19(4)7-9-20/h5,10,12,14H,6-9,11H2,1-4H3,(H2,17,18,21)/t14-/m1/s1. The average Bonchev–Trinajstić information content (AvgIpc) is 2.93. The molecule has 1 aliphatic heterocycles. The van der Waals surface area contributed by atoms with Gasteiger partial charge in [-0.05, 0) is 50.2 Å². The molecule has 2 amide bonds. The largest absolute Gasteiger partial charge is 0.336 e. The zero-order chi connectivity index (χ0) is 16.2. The number of thiophene rings is 1. The number of carbonyl (C=O) groups excluding carboxylic acids is 1. The zero-order valence-electron chi connectivity index (χ0n) is 14.1. The quantitative estimate of drug-likeness (QED) is 0.892. The second-order valence-corrected chi connectivity index (χ2v) is 7.78. The number of nitrogens with zero attached hydrogens (tertiary/aromatic N) is 2. The Hall–Kier alpha value is -1.11. The molecule has 22 heavy (non-hydrogen) atoms. The first-order chi connectivity index (χ1) is 10.3. The van der Waals surface area contributed by atoms with Crippen LogP contribution in [0.3, 0.4) is 0 Å². The van der Waals surface area contributed by atoms with Gasteiger partial charge in [-0.15, -0.1) is 0 Å². The maximum absolute atomic E-state index is 12.0. The summed E-state index contributed by atoms with van der Waals surface area (Å²) >= 11 is 1.71. The predicted molar refractivity (Wildman–Crippen MR) is 92.4 cm³/mol. The number of rotatable bonds is 4. The minimum Gasteiger partial charge on any atom is -0.336 e. The van der Waals surface area contributed by atoms with E-state index in [1.165, 1.54) is 5.56 Å². The fourth-order valence-electron chi connectivity index (χ4n) is 2.63. The van der Waals surface area contributed by atoms with Gasteiger partial charge in [-0.2, -0.15) is 11.3 Å². The minimum absolute atomic E-state index is 0.0955. The summed E-state index contributed by atoms with van der Waals surface area (Å²) in [4.78, 5) is 16.8. The van der Waals surface area contributed by atoms with Crippen LogP contribution in [0.5, 0.6) is 0 Å². The van der Waals surface area contributed by atoms with E-state index in [9.17, 15) is 4.79 Å². The molecular formula is C16H28N4OS. The molecule has 1 fully saturated rings. The lowest BCUT2D eigenvalue weighted by molar-refractivity contribution is 0.111. The Morgan fingerprint density at radius 1 is 1.32 bits per heavy atom. The van der Waals surface area contributed by atoms with Crippen molar-refractivity contribution in [3.8, 4) is 0 Å². The van der Waals surface area contributed by atoms with Gasteiger partial charge in [0.2, 0.25) is 0 Å². The van der Waals surface area contributed by atoms with Crippen LogP contribution in [0.4, 0.5) is 4.79 Å². The van der Waals surface area contributed by atoms with Crippen molar-refractivity contribution in [1.29, 1.82) is 0 Å². The summed E-state index contributed by atoms with van der Waals surface area (Å²) in [6.45, 7) is 10.8. The lowest BCUT2D eigenvalue weighted by Crippen LogP contribution is -2.51. The number of piperazine rings is 1. The molecule has 1 aliphatic rings. The van der Waals surface area contributed by atoms with Crippen LogP contribution >= 0.6 is 11.3 Å². The summed E-state index contributed by atoms with van der Waals surface area (Å²) in [6, 6.07) is 2.32. The predicted octanol–water partition coefficient (Wildman–Crippen LogP) is 2.13. The van der Waals surface area contributed by atoms with Crippen LogP contribution in [0.15, 0.2) is 16.8 Å². The van der Waals surface area contributed by atoms with Gasteiger partial charge in [0, 0.05) is 38.3 Å². The number of likely N-dealkylation sites (N-methyl/N-ethyl adjacent to an activating group) is 1. The van der Waals surface area contributed by atoms with E-state index in [4.69, 9.17) is 0 Å². The van der Waals surface area contributed by atoms with E-state index in [1.807, 2.05) is 20.8 Å². The summed E-state index contributed by atoms with van der Waals surface area (Å²) in [6.07, 6.45) is 0. The third kappa shape index (κ3) is 5.26. The smallest absolute Gasteiger partial charge is 0.315 e. The van der Waals surface area contributed by atoms with Crippen molar-refractivity contribution >= 4 is 17.4 Å². The summed E-state index contributed by atoms with van der Waals surface area (Å²) < 4.78 is 0. The Bertz CT molecular complexity index is 461. The van der Waals surface area contributed by atoms with Gasteiger partial charge >= 0.3 is 6.03 Å². The van der Waals surface area contributed by atoms with E-state index in [2.05, 4.69) is 44.3 Å². The lowest BCUT2D eigenvalue weighted by Gasteiger charge is -2.38. The number of urea groups is 1. The molecule has 1 aromatic rings. The molecule has 124 valence electrons. The normalized spacial score (nSPS) is 18.9. The first-order valence-electron chi connectivity index (χ1n) is 7.86. The summed E-state index contributed by atoms with van der Waals surface area (Å²) in [7, 11) is 2.16. The van der Waals surface area contributed by atoms with Crippen LogP contribution < -0.4 is 10.6 Å². The van der Waals surface area contributed by atoms with E-state index >= 15 is 0 Å². The topological polar surface area (TPSA) is 47.6 Å². The Balaban J connectivity index is 1.96. The van der Waals surface area contributed by atoms with Gasteiger partial charge in [-0.3, -0.25) is 4.90 Å². The van der Waals surface area contributed by atoms with Crippen LogP contribution in [-0.2, 0) is 0 Å². The molecule has 0 spiro atoms. The lowest BCUT2D eigenvalue weighted by atomic mass is 10.1. The Morgan fingerprint density at radius 2 is 2.00 bits per heavy atom. The minimum atomic E-state index is -0.213. The monoisotopic (exact) mass is 324 g/mol. The zero-order valence-corrected chi connectivity index (χ0v) is 14.9. The van der Waals surface area contributed by atoms with Crippen molar-refractivity contribution in [3.05, 3.63) is 22.4 Å². The van der Waals surface area contributed by atoms with E-state index in [1.54, 1.807) is 11.3 Å². The van der Waals surface area contributed by atoms with Gasteiger partial charge in [0.05, 0.1) is 6.04 Å². The maximum atomic E-state index is 12.0. The van der Waals surface area contributed by atoms with Crippen molar-refractivity contribution in [2.24, 2.45) is 0 Å². The second kappa shape index (κ2) is 7.44. The molecule has 1 saturated heterocycles. The molecule has 2 heterocycles. The van der Waals surface area contributed by atoms with Gasteiger partial charge in [0.25, 0.3) is 0 Å². The van der Waals surface area contributed by atoms with Crippen molar-refractivity contribution in [1.82, 2.24) is 20.4 Å². The first kappa shape index (κ1) is 17.2. The molecule has 0 bridgehead atoms. The summed E-state index contributed by atoms with van der Waals surface area (Å²) in [5.41, 5.74) is 1.08. The Morgan fingerprint density at radius 3 is 2.55 bits per heavy atom. The van der Waals surface area contributed by atoms with E-state index < -0.39 is 0 Å². The van der Waals surface area contributed by atoms with Gasteiger partial charge in [0.15, 0.2) is 0 Å². The number of hydrogen-bond donors (Lipinski definition) is 2.